The summed E-state index contributed by atoms with van der Waals surface area (Å²) in [6.45, 7) is 6.43. The minimum Gasteiger partial charge on any atom is -0.487 e. The molecule has 0 saturated heterocycles. The lowest BCUT2D eigenvalue weighted by molar-refractivity contribution is -0.148. The van der Waals surface area contributed by atoms with Crippen LogP contribution in [0.4, 0.5) is 13.2 Å². The Bertz CT molecular complexity index is 526. The first kappa shape index (κ1) is 20.0. The third-order valence-corrected chi connectivity index (χ3v) is 3.07. The van der Waals surface area contributed by atoms with Gasteiger partial charge in [0, 0.05) is 6.08 Å². The maximum atomic E-state index is 12.1. The van der Waals surface area contributed by atoms with E-state index in [1.807, 2.05) is 0 Å². The number of ether oxygens (including phenoxy) is 3. The van der Waals surface area contributed by atoms with E-state index in [0.29, 0.717) is 5.75 Å². The molecule has 0 aliphatic heterocycles. The van der Waals surface area contributed by atoms with Gasteiger partial charge in [-0.05, 0) is 31.5 Å². The van der Waals surface area contributed by atoms with Crippen molar-refractivity contribution in [2.75, 3.05) is 13.2 Å². The van der Waals surface area contributed by atoms with Crippen LogP contribution >= 0.6 is 0 Å². The summed E-state index contributed by atoms with van der Waals surface area (Å²) < 4.78 is 51.9. The molecule has 0 radical (unpaired) electrons. The van der Waals surface area contributed by atoms with Gasteiger partial charge in [-0.3, -0.25) is 0 Å². The lowest BCUT2D eigenvalue weighted by Gasteiger charge is -2.17. The Kier molecular flexibility index (Phi) is 7.78. The van der Waals surface area contributed by atoms with Gasteiger partial charge in [0.1, 0.15) is 18.5 Å². The molecule has 0 aliphatic carbocycles. The fourth-order valence-corrected chi connectivity index (χ4v) is 1.79. The predicted molar refractivity (Wildman–Crippen MR) is 82.7 cm³/mol. The second kappa shape index (κ2) is 9.32. The largest absolute Gasteiger partial charge is 0.487 e. The van der Waals surface area contributed by atoms with Gasteiger partial charge in [0.25, 0.3) is 0 Å². The molecule has 4 nitrogen and oxygen atoms in total. The zero-order valence-corrected chi connectivity index (χ0v) is 13.6. The van der Waals surface area contributed by atoms with E-state index < -0.39 is 24.7 Å². The fourth-order valence-electron chi connectivity index (χ4n) is 1.79. The summed E-state index contributed by atoms with van der Waals surface area (Å²) in [5, 5.41) is 0. The highest BCUT2D eigenvalue weighted by molar-refractivity contribution is 5.81. The number of rotatable bonds is 9. The molecule has 134 valence electrons. The molecule has 24 heavy (non-hydrogen) atoms. The molecule has 0 bridgehead atoms. The highest BCUT2D eigenvalue weighted by atomic mass is 19.4. The summed E-state index contributed by atoms with van der Waals surface area (Å²) in [6, 6.07) is 6.81. The molecule has 2 atom stereocenters. The van der Waals surface area contributed by atoms with E-state index in [2.05, 4.69) is 6.58 Å². The molecule has 0 heterocycles. The van der Waals surface area contributed by atoms with E-state index in [1.54, 1.807) is 38.1 Å². The number of hydrogen-bond donors (Lipinski definition) is 0. The smallest absolute Gasteiger partial charge is 0.391 e. The van der Waals surface area contributed by atoms with Crippen LogP contribution in [0.5, 0.6) is 5.75 Å². The molecule has 1 aromatic carbocycles. The first-order chi connectivity index (χ1) is 11.2. The van der Waals surface area contributed by atoms with Crippen molar-refractivity contribution < 1.29 is 32.2 Å². The van der Waals surface area contributed by atoms with Crippen LogP contribution in [0.25, 0.3) is 0 Å². The standard InChI is InChI=1S/C17H21F3O4/c1-4-16(21)23-11-12(2)24-15-7-5-14(6-8-15)13(3)22-10-9-17(18,19)20/h4-8,12-13H,1,9-11H2,2-3H3. The van der Waals surface area contributed by atoms with Gasteiger partial charge >= 0.3 is 12.1 Å². The Morgan fingerprint density at radius 3 is 2.42 bits per heavy atom. The first-order valence-electron chi connectivity index (χ1n) is 7.45. The highest BCUT2D eigenvalue weighted by Gasteiger charge is 2.26. The molecule has 0 aromatic heterocycles. The van der Waals surface area contributed by atoms with Gasteiger partial charge in [-0.15, -0.1) is 0 Å². The molecule has 0 fully saturated rings. The van der Waals surface area contributed by atoms with Crippen LogP contribution in [-0.4, -0.2) is 31.5 Å². The molecular weight excluding hydrogens is 325 g/mol. The molecular formula is C17H21F3O4. The summed E-state index contributed by atoms with van der Waals surface area (Å²) in [5.41, 5.74) is 0.746. The second-order valence-corrected chi connectivity index (χ2v) is 5.21. The molecule has 0 aliphatic rings. The molecule has 1 aromatic rings. The zero-order chi connectivity index (χ0) is 18.2. The maximum absolute atomic E-state index is 12.1. The topological polar surface area (TPSA) is 44.8 Å². The van der Waals surface area contributed by atoms with Crippen LogP contribution in [0, 0.1) is 0 Å². The molecule has 0 amide bonds. The van der Waals surface area contributed by atoms with E-state index in [4.69, 9.17) is 14.2 Å². The summed E-state index contributed by atoms with van der Waals surface area (Å²) in [7, 11) is 0. The number of carbonyl (C=O) groups excluding carboxylic acids is 1. The number of esters is 1. The van der Waals surface area contributed by atoms with Gasteiger partial charge < -0.3 is 14.2 Å². The molecule has 0 spiro atoms. The SMILES string of the molecule is C=CC(=O)OCC(C)Oc1ccc(C(C)OCCC(F)(F)F)cc1. The number of benzene rings is 1. The minimum atomic E-state index is -4.22. The lowest BCUT2D eigenvalue weighted by atomic mass is 10.1. The summed E-state index contributed by atoms with van der Waals surface area (Å²) in [5.74, 6) is 0.0361. The van der Waals surface area contributed by atoms with Crippen LogP contribution in [0.1, 0.15) is 31.9 Å². The highest BCUT2D eigenvalue weighted by Crippen LogP contribution is 2.24. The average Bonchev–Trinajstić information content (AvgIpc) is 2.52. The quantitative estimate of drug-likeness (QED) is 0.496. The lowest BCUT2D eigenvalue weighted by Crippen LogP contribution is -2.20. The van der Waals surface area contributed by atoms with E-state index in [-0.39, 0.29) is 19.3 Å². The maximum Gasteiger partial charge on any atom is 0.391 e. The summed E-state index contributed by atoms with van der Waals surface area (Å²) >= 11 is 0. The minimum absolute atomic E-state index is 0.0869. The Balaban J connectivity index is 2.44. The van der Waals surface area contributed by atoms with Crippen LogP contribution in [0.15, 0.2) is 36.9 Å². The van der Waals surface area contributed by atoms with Crippen molar-refractivity contribution in [2.24, 2.45) is 0 Å². The zero-order valence-electron chi connectivity index (χ0n) is 13.6. The fraction of sp³-hybridized carbons (Fsp3) is 0.471. The number of hydrogen-bond acceptors (Lipinski definition) is 4. The Hall–Kier alpha value is -2.02. The van der Waals surface area contributed by atoms with Gasteiger partial charge in [0.15, 0.2) is 0 Å². The van der Waals surface area contributed by atoms with Crippen LogP contribution in [0.3, 0.4) is 0 Å². The van der Waals surface area contributed by atoms with Gasteiger partial charge in [0.05, 0.1) is 19.1 Å². The molecule has 1 rings (SSSR count). The Morgan fingerprint density at radius 2 is 1.88 bits per heavy atom. The first-order valence-corrected chi connectivity index (χ1v) is 7.45. The average molecular weight is 346 g/mol. The summed E-state index contributed by atoms with van der Waals surface area (Å²) in [4.78, 5) is 11.0. The van der Waals surface area contributed by atoms with Gasteiger partial charge in [-0.25, -0.2) is 4.79 Å². The Morgan fingerprint density at radius 1 is 1.25 bits per heavy atom. The molecule has 0 N–H and O–H groups in total. The van der Waals surface area contributed by atoms with Crippen LogP contribution in [0.2, 0.25) is 0 Å². The van der Waals surface area contributed by atoms with Crippen molar-refractivity contribution >= 4 is 5.97 Å². The number of alkyl halides is 3. The third-order valence-electron chi connectivity index (χ3n) is 3.07. The second-order valence-electron chi connectivity index (χ2n) is 5.21. The van der Waals surface area contributed by atoms with E-state index in [1.165, 1.54) is 0 Å². The van der Waals surface area contributed by atoms with Gasteiger partial charge in [-0.2, -0.15) is 13.2 Å². The predicted octanol–water partition coefficient (Wildman–Crippen LogP) is 4.21. The van der Waals surface area contributed by atoms with Crippen molar-refractivity contribution in [3.63, 3.8) is 0 Å². The third kappa shape index (κ3) is 8.01. The normalized spacial score (nSPS) is 13.9. The van der Waals surface area contributed by atoms with Crippen LogP contribution in [-0.2, 0) is 14.3 Å². The van der Waals surface area contributed by atoms with Crippen molar-refractivity contribution in [3.8, 4) is 5.75 Å². The van der Waals surface area contributed by atoms with Gasteiger partial charge in [0.2, 0.25) is 0 Å². The van der Waals surface area contributed by atoms with Crippen molar-refractivity contribution in [1.29, 1.82) is 0 Å². The van der Waals surface area contributed by atoms with Crippen LogP contribution < -0.4 is 4.74 Å². The van der Waals surface area contributed by atoms with Gasteiger partial charge in [-0.1, -0.05) is 18.7 Å². The monoisotopic (exact) mass is 346 g/mol. The van der Waals surface area contributed by atoms with E-state index in [0.717, 1.165) is 11.6 Å². The van der Waals surface area contributed by atoms with Crippen molar-refractivity contribution in [3.05, 3.63) is 42.5 Å². The molecule has 0 saturated carbocycles. The molecule has 2 unspecified atom stereocenters. The van der Waals surface area contributed by atoms with Crippen molar-refractivity contribution in [1.82, 2.24) is 0 Å². The van der Waals surface area contributed by atoms with E-state index in [9.17, 15) is 18.0 Å². The Labute approximate surface area is 139 Å². The number of carbonyl (C=O) groups is 1. The van der Waals surface area contributed by atoms with E-state index >= 15 is 0 Å². The van der Waals surface area contributed by atoms with Crippen molar-refractivity contribution in [2.45, 2.75) is 38.7 Å². The number of halogens is 3. The summed E-state index contributed by atoms with van der Waals surface area (Å²) in [6.07, 6.45) is -4.92. The molecule has 7 heteroatoms.